The molecule has 0 bridgehead atoms. The summed E-state index contributed by atoms with van der Waals surface area (Å²) in [5.41, 5.74) is 3.00. The van der Waals surface area contributed by atoms with E-state index in [4.69, 9.17) is 9.47 Å². The normalized spacial score (nSPS) is 24.7. The van der Waals surface area contributed by atoms with Crippen molar-refractivity contribution in [2.45, 2.75) is 70.5 Å². The van der Waals surface area contributed by atoms with Gasteiger partial charge in [0.05, 0.1) is 12.2 Å². The second-order valence-electron chi connectivity index (χ2n) is 6.46. The van der Waals surface area contributed by atoms with Crippen LogP contribution in [-0.2, 0) is 9.47 Å². The molecular weight excluding hydrogens is 244 g/mol. The van der Waals surface area contributed by atoms with Crippen LogP contribution in [0.3, 0.4) is 0 Å². The average molecular weight is 268 g/mol. The van der Waals surface area contributed by atoms with Gasteiger partial charge < -0.3 is 9.47 Å². The van der Waals surface area contributed by atoms with Gasteiger partial charge in [0, 0.05) is 18.6 Å². The Morgan fingerprint density at radius 1 is 1.37 bits per heavy atom. The van der Waals surface area contributed by atoms with E-state index >= 15 is 0 Å². The summed E-state index contributed by atoms with van der Waals surface area (Å²) in [5.74, 6) is 0. The van der Waals surface area contributed by atoms with Crippen molar-refractivity contribution in [2.24, 2.45) is 5.10 Å². The van der Waals surface area contributed by atoms with Crippen LogP contribution in [0.2, 0.25) is 0 Å². The van der Waals surface area contributed by atoms with Gasteiger partial charge in [-0.25, -0.2) is 10.2 Å². The highest BCUT2D eigenvalue weighted by atomic mass is 16.6. The van der Waals surface area contributed by atoms with Crippen LogP contribution in [0.4, 0.5) is 4.79 Å². The Balaban J connectivity index is 1.87. The number of hydrazone groups is 1. The van der Waals surface area contributed by atoms with Crippen LogP contribution >= 0.6 is 0 Å². The summed E-state index contributed by atoms with van der Waals surface area (Å²) in [6, 6.07) is 0. The summed E-state index contributed by atoms with van der Waals surface area (Å²) in [6.07, 6.45) is 5.81. The van der Waals surface area contributed by atoms with Crippen LogP contribution in [0.5, 0.6) is 0 Å². The zero-order valence-electron chi connectivity index (χ0n) is 12.1. The van der Waals surface area contributed by atoms with E-state index < -0.39 is 11.7 Å². The predicted molar refractivity (Wildman–Crippen MR) is 73.2 cm³/mol. The Hall–Kier alpha value is -1.10. The highest BCUT2D eigenvalue weighted by Crippen LogP contribution is 2.38. The van der Waals surface area contributed by atoms with E-state index in [0.717, 1.165) is 31.4 Å². The van der Waals surface area contributed by atoms with Crippen LogP contribution in [0.25, 0.3) is 0 Å². The largest absolute Gasteiger partial charge is 0.443 e. The molecule has 1 saturated carbocycles. The molecular formula is C14H24N2O3. The molecule has 1 aliphatic carbocycles. The molecule has 2 aliphatic rings. The lowest BCUT2D eigenvalue weighted by Crippen LogP contribution is -2.38. The van der Waals surface area contributed by atoms with E-state index in [1.54, 1.807) is 0 Å². The number of rotatable bonds is 1. The maximum absolute atomic E-state index is 11.5. The lowest BCUT2D eigenvalue weighted by atomic mass is 9.91. The van der Waals surface area contributed by atoms with Gasteiger partial charge in [0.25, 0.3) is 0 Å². The molecule has 1 N–H and O–H groups in total. The first-order valence-electron chi connectivity index (χ1n) is 7.07. The smallest absolute Gasteiger partial charge is 0.428 e. The van der Waals surface area contributed by atoms with Crippen molar-refractivity contribution < 1.29 is 14.3 Å². The SMILES string of the molecule is CC(C)(C)OC(=O)NN=C1CCOC2(CCCC2)C1. The minimum atomic E-state index is -0.494. The van der Waals surface area contributed by atoms with Crippen LogP contribution in [0.15, 0.2) is 5.10 Å². The van der Waals surface area contributed by atoms with Gasteiger partial charge in [0.1, 0.15) is 5.60 Å². The molecule has 1 aliphatic heterocycles. The number of carbonyl (C=O) groups excluding carboxylic acids is 1. The molecule has 0 aromatic carbocycles. The maximum Gasteiger partial charge on any atom is 0.428 e. The van der Waals surface area contributed by atoms with Crippen LogP contribution in [0.1, 0.15) is 59.3 Å². The van der Waals surface area contributed by atoms with Gasteiger partial charge in [0.2, 0.25) is 0 Å². The van der Waals surface area contributed by atoms with Crippen LogP contribution in [0, 0.1) is 0 Å². The van der Waals surface area contributed by atoms with Gasteiger partial charge >= 0.3 is 6.09 Å². The summed E-state index contributed by atoms with van der Waals surface area (Å²) in [5, 5.41) is 4.20. The molecule has 19 heavy (non-hydrogen) atoms. The quantitative estimate of drug-likeness (QED) is 0.744. The standard InChI is InChI=1S/C14H24N2O3/c1-13(2,3)19-12(17)16-15-11-6-9-18-14(10-11)7-4-5-8-14/h4-10H2,1-3H3,(H,16,17). The van der Waals surface area contributed by atoms with Crippen molar-refractivity contribution in [2.75, 3.05) is 6.61 Å². The van der Waals surface area contributed by atoms with Gasteiger partial charge in [-0.05, 0) is 33.6 Å². The molecule has 1 saturated heterocycles. The van der Waals surface area contributed by atoms with Crippen molar-refractivity contribution in [1.29, 1.82) is 0 Å². The Morgan fingerprint density at radius 3 is 2.68 bits per heavy atom. The van der Waals surface area contributed by atoms with E-state index in [1.165, 1.54) is 12.8 Å². The number of nitrogens with one attached hydrogen (secondary N) is 1. The number of hydrogen-bond donors (Lipinski definition) is 1. The minimum absolute atomic E-state index is 0.00725. The molecule has 2 fully saturated rings. The zero-order valence-corrected chi connectivity index (χ0v) is 12.1. The second-order valence-corrected chi connectivity index (χ2v) is 6.46. The van der Waals surface area contributed by atoms with Gasteiger partial charge in [-0.1, -0.05) is 12.8 Å². The minimum Gasteiger partial charge on any atom is -0.443 e. The van der Waals surface area contributed by atoms with E-state index in [1.807, 2.05) is 20.8 Å². The predicted octanol–water partition coefficient (Wildman–Crippen LogP) is 2.99. The van der Waals surface area contributed by atoms with Crippen molar-refractivity contribution in [1.82, 2.24) is 5.43 Å². The van der Waals surface area contributed by atoms with Crippen molar-refractivity contribution >= 4 is 11.8 Å². The highest BCUT2D eigenvalue weighted by molar-refractivity contribution is 5.87. The van der Waals surface area contributed by atoms with Crippen LogP contribution < -0.4 is 5.43 Å². The summed E-state index contributed by atoms with van der Waals surface area (Å²) < 4.78 is 11.1. The summed E-state index contributed by atoms with van der Waals surface area (Å²) >= 11 is 0. The number of amides is 1. The van der Waals surface area contributed by atoms with E-state index in [0.29, 0.717) is 6.61 Å². The molecule has 1 amide bonds. The Kier molecular flexibility index (Phi) is 4.13. The Morgan fingerprint density at radius 2 is 2.05 bits per heavy atom. The van der Waals surface area contributed by atoms with Gasteiger partial charge in [-0.2, -0.15) is 5.10 Å². The molecule has 5 nitrogen and oxygen atoms in total. The van der Waals surface area contributed by atoms with Gasteiger partial charge in [-0.3, -0.25) is 0 Å². The second kappa shape index (κ2) is 5.49. The molecule has 0 aromatic heterocycles. The topological polar surface area (TPSA) is 59.9 Å². The molecule has 108 valence electrons. The molecule has 2 rings (SSSR count). The number of nitrogens with zero attached hydrogens (tertiary/aromatic N) is 1. The average Bonchev–Trinajstić information content (AvgIpc) is 2.73. The fraction of sp³-hybridized carbons (Fsp3) is 0.857. The summed E-state index contributed by atoms with van der Waals surface area (Å²) in [4.78, 5) is 11.5. The highest BCUT2D eigenvalue weighted by Gasteiger charge is 2.38. The number of hydrogen-bond acceptors (Lipinski definition) is 4. The van der Waals surface area contributed by atoms with Crippen LogP contribution in [-0.4, -0.2) is 29.6 Å². The van der Waals surface area contributed by atoms with E-state index in [2.05, 4.69) is 10.5 Å². The molecule has 0 unspecified atom stereocenters. The molecule has 5 heteroatoms. The first-order valence-corrected chi connectivity index (χ1v) is 7.07. The summed E-state index contributed by atoms with van der Waals surface area (Å²) in [6.45, 7) is 6.21. The Bertz CT molecular complexity index is 365. The molecule has 0 radical (unpaired) electrons. The lowest BCUT2D eigenvalue weighted by Gasteiger charge is -2.34. The maximum atomic E-state index is 11.5. The molecule has 0 aromatic rings. The van der Waals surface area contributed by atoms with Gasteiger partial charge in [-0.15, -0.1) is 0 Å². The first kappa shape index (κ1) is 14.3. The fourth-order valence-corrected chi connectivity index (χ4v) is 2.76. The van der Waals surface area contributed by atoms with E-state index in [9.17, 15) is 4.79 Å². The first-order chi connectivity index (χ1) is 8.89. The lowest BCUT2D eigenvalue weighted by molar-refractivity contribution is -0.0433. The molecule has 1 spiro atoms. The van der Waals surface area contributed by atoms with Crippen molar-refractivity contribution in [3.63, 3.8) is 0 Å². The third-order valence-electron chi connectivity index (χ3n) is 3.54. The summed E-state index contributed by atoms with van der Waals surface area (Å²) in [7, 11) is 0. The zero-order chi connectivity index (χ0) is 13.9. The van der Waals surface area contributed by atoms with Gasteiger partial charge in [0.15, 0.2) is 0 Å². The fourth-order valence-electron chi connectivity index (χ4n) is 2.76. The Labute approximate surface area is 114 Å². The monoisotopic (exact) mass is 268 g/mol. The molecule has 1 heterocycles. The molecule has 0 atom stereocenters. The van der Waals surface area contributed by atoms with E-state index in [-0.39, 0.29) is 5.60 Å². The third-order valence-corrected chi connectivity index (χ3v) is 3.54. The third kappa shape index (κ3) is 4.20. The van der Waals surface area contributed by atoms with Crippen molar-refractivity contribution in [3.8, 4) is 0 Å². The number of ether oxygens (including phenoxy) is 2. The van der Waals surface area contributed by atoms with Crippen molar-refractivity contribution in [3.05, 3.63) is 0 Å². The number of carbonyl (C=O) groups is 1.